The number of aliphatic hydroxyl groups is 1. The Labute approximate surface area is 150 Å². The number of rotatable bonds is 5. The van der Waals surface area contributed by atoms with Crippen LogP contribution in [0.15, 0.2) is 43.5 Å². The molecule has 1 aromatic rings. The van der Waals surface area contributed by atoms with Crippen molar-refractivity contribution in [2.24, 2.45) is 11.8 Å². The van der Waals surface area contributed by atoms with Gasteiger partial charge in [0.05, 0.1) is 6.61 Å². The van der Waals surface area contributed by atoms with Gasteiger partial charge in [0.25, 0.3) is 0 Å². The Hall–Kier alpha value is -2.36. The molecule has 0 aliphatic carbocycles. The predicted octanol–water partition coefficient (Wildman–Crippen LogP) is 3.13. The zero-order chi connectivity index (χ0) is 20.5. The van der Waals surface area contributed by atoms with Crippen LogP contribution in [0.4, 0.5) is 0 Å². The van der Waals surface area contributed by atoms with E-state index in [0.29, 0.717) is 18.4 Å². The van der Waals surface area contributed by atoms with Gasteiger partial charge in [-0.25, -0.2) is 0 Å². The summed E-state index contributed by atoms with van der Waals surface area (Å²) in [5.41, 5.74) is 1.25. The van der Waals surface area contributed by atoms with Gasteiger partial charge in [0.1, 0.15) is 0 Å². The minimum atomic E-state index is 0.250. The minimum Gasteiger partial charge on any atom is -0.396 e. The van der Waals surface area contributed by atoms with E-state index >= 15 is 0 Å². The summed E-state index contributed by atoms with van der Waals surface area (Å²) in [4.78, 5) is 32.5. The third kappa shape index (κ3) is 44.9. The lowest BCUT2D eigenvalue weighted by molar-refractivity contribution is -0.193. The van der Waals surface area contributed by atoms with Gasteiger partial charge < -0.3 is 9.84 Å². The quantitative estimate of drug-likeness (QED) is 0.816. The fourth-order valence-corrected chi connectivity index (χ4v) is 0.987. The number of aliphatic hydroxyl groups excluding tert-OH is 1. The van der Waals surface area contributed by atoms with Crippen LogP contribution in [-0.2, 0) is 30.5 Å². The van der Waals surface area contributed by atoms with Crippen molar-refractivity contribution >= 4 is 12.3 Å². The molecule has 0 aromatic heterocycles. The van der Waals surface area contributed by atoms with Gasteiger partial charge in [-0.1, -0.05) is 58.0 Å². The van der Waals surface area contributed by atoms with Gasteiger partial charge >= 0.3 is 12.3 Å². The summed E-state index contributed by atoms with van der Waals surface area (Å²) in [5.74, 6) is 1.06. The molecule has 0 saturated carbocycles. The lowest BCUT2D eigenvalue weighted by Crippen LogP contribution is -2.01. The number of ether oxygens (including phenoxy) is 1. The SMILES string of the molecule is C=C.CC(C)CO.CC(C)COCc1ccccc1.O=C=O.O=C=O. The Bertz CT molecular complexity index is 405. The molecular weight excluding hydrogens is 324 g/mol. The molecule has 142 valence electrons. The van der Waals surface area contributed by atoms with Crippen LogP contribution in [0.5, 0.6) is 0 Å². The molecule has 0 heterocycles. The van der Waals surface area contributed by atoms with Gasteiger partial charge in [0.15, 0.2) is 0 Å². The lowest BCUT2D eigenvalue weighted by atomic mass is 10.2. The summed E-state index contributed by atoms with van der Waals surface area (Å²) < 4.78 is 5.48. The van der Waals surface area contributed by atoms with E-state index in [1.807, 2.05) is 32.0 Å². The topological polar surface area (TPSA) is 97.7 Å². The van der Waals surface area contributed by atoms with E-state index in [-0.39, 0.29) is 12.3 Å². The summed E-state index contributed by atoms with van der Waals surface area (Å²) in [5, 5.41) is 8.14. The molecule has 0 amide bonds. The van der Waals surface area contributed by atoms with Crippen molar-refractivity contribution in [1.29, 1.82) is 0 Å². The first kappa shape index (κ1) is 30.5. The van der Waals surface area contributed by atoms with E-state index in [2.05, 4.69) is 39.1 Å². The van der Waals surface area contributed by atoms with Crippen molar-refractivity contribution < 1.29 is 29.0 Å². The second-order valence-electron chi connectivity index (χ2n) is 5.14. The van der Waals surface area contributed by atoms with Gasteiger partial charge in [-0.05, 0) is 17.4 Å². The summed E-state index contributed by atoms with van der Waals surface area (Å²) in [6.45, 7) is 16.1. The molecular formula is C19H30O6. The number of hydrogen-bond acceptors (Lipinski definition) is 6. The summed E-state index contributed by atoms with van der Waals surface area (Å²) >= 11 is 0. The van der Waals surface area contributed by atoms with Crippen molar-refractivity contribution in [2.45, 2.75) is 34.3 Å². The van der Waals surface area contributed by atoms with Crippen molar-refractivity contribution in [3.8, 4) is 0 Å². The Morgan fingerprint density at radius 1 is 0.920 bits per heavy atom. The first-order valence-electron chi connectivity index (χ1n) is 7.60. The van der Waals surface area contributed by atoms with E-state index in [4.69, 9.17) is 29.0 Å². The highest BCUT2D eigenvalue weighted by molar-refractivity contribution is 5.20. The van der Waals surface area contributed by atoms with Crippen LogP contribution in [0.3, 0.4) is 0 Å². The largest absolute Gasteiger partial charge is 0.396 e. The predicted molar refractivity (Wildman–Crippen MR) is 94.1 cm³/mol. The molecule has 6 nitrogen and oxygen atoms in total. The summed E-state index contributed by atoms with van der Waals surface area (Å²) in [6, 6.07) is 10.3. The van der Waals surface area contributed by atoms with Gasteiger partial charge in [-0.3, -0.25) is 0 Å². The Kier molecular flexibility index (Phi) is 36.2. The van der Waals surface area contributed by atoms with E-state index in [1.165, 1.54) is 5.56 Å². The average Bonchev–Trinajstić information content (AvgIpc) is 2.59. The molecule has 0 aliphatic rings. The number of benzene rings is 1. The Morgan fingerprint density at radius 3 is 1.56 bits per heavy atom. The molecule has 1 aromatic carbocycles. The molecule has 0 radical (unpaired) electrons. The maximum atomic E-state index is 8.14. The maximum Gasteiger partial charge on any atom is 0.373 e. The van der Waals surface area contributed by atoms with Crippen molar-refractivity contribution in [3.05, 3.63) is 49.1 Å². The first-order chi connectivity index (χ1) is 11.9. The van der Waals surface area contributed by atoms with Crippen molar-refractivity contribution in [2.75, 3.05) is 13.2 Å². The second-order valence-corrected chi connectivity index (χ2v) is 5.14. The highest BCUT2D eigenvalue weighted by Crippen LogP contribution is 2.02. The van der Waals surface area contributed by atoms with Crippen LogP contribution in [0.1, 0.15) is 33.3 Å². The molecule has 0 spiro atoms. The highest BCUT2D eigenvalue weighted by Gasteiger charge is 1.94. The zero-order valence-electron chi connectivity index (χ0n) is 15.6. The molecule has 0 fully saturated rings. The van der Waals surface area contributed by atoms with E-state index in [0.717, 1.165) is 13.2 Å². The first-order valence-corrected chi connectivity index (χ1v) is 7.60. The zero-order valence-corrected chi connectivity index (χ0v) is 15.6. The molecule has 6 heteroatoms. The summed E-state index contributed by atoms with van der Waals surface area (Å²) in [6.07, 6.45) is 0.500. The minimum absolute atomic E-state index is 0.250. The Balaban J connectivity index is -0.000000142. The van der Waals surface area contributed by atoms with E-state index < -0.39 is 0 Å². The van der Waals surface area contributed by atoms with Crippen LogP contribution < -0.4 is 0 Å². The number of hydrogen-bond donors (Lipinski definition) is 1. The van der Waals surface area contributed by atoms with E-state index in [1.54, 1.807) is 0 Å². The van der Waals surface area contributed by atoms with Crippen LogP contribution in [0.2, 0.25) is 0 Å². The van der Waals surface area contributed by atoms with Gasteiger partial charge in [-0.15, -0.1) is 13.2 Å². The van der Waals surface area contributed by atoms with Gasteiger partial charge in [0.2, 0.25) is 0 Å². The van der Waals surface area contributed by atoms with Crippen LogP contribution in [-0.4, -0.2) is 30.6 Å². The molecule has 1 rings (SSSR count). The van der Waals surface area contributed by atoms with Crippen LogP contribution in [0, 0.1) is 11.8 Å². The van der Waals surface area contributed by atoms with Gasteiger partial charge in [-0.2, -0.15) is 19.2 Å². The van der Waals surface area contributed by atoms with Crippen LogP contribution in [0.25, 0.3) is 0 Å². The normalized spacial score (nSPS) is 7.80. The van der Waals surface area contributed by atoms with Crippen molar-refractivity contribution in [3.63, 3.8) is 0 Å². The monoisotopic (exact) mass is 354 g/mol. The molecule has 0 saturated heterocycles. The molecule has 0 bridgehead atoms. The third-order valence-electron chi connectivity index (χ3n) is 1.93. The maximum absolute atomic E-state index is 8.14. The van der Waals surface area contributed by atoms with Crippen LogP contribution >= 0.6 is 0 Å². The smallest absolute Gasteiger partial charge is 0.373 e. The fourth-order valence-electron chi connectivity index (χ4n) is 0.987. The molecule has 25 heavy (non-hydrogen) atoms. The molecule has 0 atom stereocenters. The third-order valence-corrected chi connectivity index (χ3v) is 1.93. The van der Waals surface area contributed by atoms with Crippen molar-refractivity contribution in [1.82, 2.24) is 0 Å². The lowest BCUT2D eigenvalue weighted by Gasteiger charge is -2.05. The highest BCUT2D eigenvalue weighted by atomic mass is 16.5. The average molecular weight is 354 g/mol. The molecule has 0 unspecified atom stereocenters. The van der Waals surface area contributed by atoms with Gasteiger partial charge in [0, 0.05) is 13.2 Å². The number of carbonyl (C=O) groups excluding carboxylic acids is 4. The Morgan fingerprint density at radius 2 is 1.28 bits per heavy atom. The molecule has 0 aliphatic heterocycles. The fraction of sp³-hybridized carbons (Fsp3) is 0.474. The molecule has 1 N–H and O–H groups in total. The van der Waals surface area contributed by atoms with E-state index in [9.17, 15) is 0 Å². The second kappa shape index (κ2) is 29.6. The summed E-state index contributed by atoms with van der Waals surface area (Å²) in [7, 11) is 0. The standard InChI is InChI=1S/C11H16O.C4H10O.C2H4.2CO2/c1-10(2)8-12-9-11-6-4-3-5-7-11;1-4(2)3-5;1-2;2*2-1-3/h3-7,10H,8-9H2,1-2H3;4-5H,3H2,1-2H3;1-2H2;;.